The summed E-state index contributed by atoms with van der Waals surface area (Å²) in [6.07, 6.45) is 2.09. The third-order valence-corrected chi connectivity index (χ3v) is 5.29. The number of aliphatic hydroxyl groups is 1. The van der Waals surface area contributed by atoms with Gasteiger partial charge in [-0.3, -0.25) is 9.80 Å². The number of piperazine rings is 1. The number of β-amino-alcohol motifs (C(OH)–C–C–N with tert-alkyl or cyclic N) is 1. The van der Waals surface area contributed by atoms with Crippen LogP contribution in [0.1, 0.15) is 16.3 Å². The molecule has 0 amide bonds. The Balaban J connectivity index is 1.44. The van der Waals surface area contributed by atoms with Gasteiger partial charge in [0.2, 0.25) is 0 Å². The Morgan fingerprint density at radius 1 is 1.00 bits per heavy atom. The van der Waals surface area contributed by atoms with Gasteiger partial charge in [0.1, 0.15) is 0 Å². The lowest BCUT2D eigenvalue weighted by atomic mass is 10.1. The van der Waals surface area contributed by atoms with E-state index in [9.17, 15) is 0 Å². The molecular weight excluding hydrogens is 306 g/mol. The van der Waals surface area contributed by atoms with Crippen LogP contribution in [0.25, 0.3) is 0 Å². The smallest absolute Gasteiger partial charge is 0.0932 e. The van der Waals surface area contributed by atoms with Crippen LogP contribution in [0.3, 0.4) is 0 Å². The van der Waals surface area contributed by atoms with Crippen molar-refractivity contribution in [2.24, 2.45) is 0 Å². The molecule has 0 aliphatic carbocycles. The van der Waals surface area contributed by atoms with Crippen molar-refractivity contribution in [2.75, 3.05) is 39.3 Å². The maximum Gasteiger partial charge on any atom is 0.0932 e. The molecule has 2 aromatic rings. The second-order valence-electron chi connectivity index (χ2n) is 6.06. The highest BCUT2D eigenvalue weighted by Crippen LogP contribution is 2.15. The molecule has 1 aromatic carbocycles. The molecule has 5 heteroatoms. The van der Waals surface area contributed by atoms with E-state index < -0.39 is 0 Å². The van der Waals surface area contributed by atoms with Gasteiger partial charge in [0.05, 0.1) is 17.3 Å². The Kier molecular flexibility index (Phi) is 6.16. The van der Waals surface area contributed by atoms with Crippen molar-refractivity contribution in [2.45, 2.75) is 19.4 Å². The number of nitrogens with zero attached hydrogens (tertiary/aromatic N) is 3. The third kappa shape index (κ3) is 5.11. The fraction of sp³-hybridized carbons (Fsp3) is 0.500. The lowest BCUT2D eigenvalue weighted by Gasteiger charge is -2.33. The van der Waals surface area contributed by atoms with E-state index in [1.807, 2.05) is 0 Å². The van der Waals surface area contributed by atoms with Crippen LogP contribution in [0.5, 0.6) is 0 Å². The predicted octanol–water partition coefficient (Wildman–Crippen LogP) is 2.04. The minimum absolute atomic E-state index is 0.261. The normalized spacial score (nSPS) is 16.7. The number of rotatable bonds is 7. The van der Waals surface area contributed by atoms with Crippen LogP contribution in [-0.4, -0.2) is 59.2 Å². The molecule has 1 N–H and O–H groups in total. The lowest BCUT2D eigenvalue weighted by molar-refractivity contribution is 0.108. The van der Waals surface area contributed by atoms with Crippen molar-refractivity contribution in [3.8, 4) is 0 Å². The number of aryl methyl sites for hydroxylation is 2. The van der Waals surface area contributed by atoms with E-state index in [1.54, 1.807) is 11.3 Å². The first-order valence-corrected chi connectivity index (χ1v) is 9.24. The highest BCUT2D eigenvalue weighted by molar-refractivity contribution is 7.09. The summed E-state index contributed by atoms with van der Waals surface area (Å²) in [7, 11) is 0. The number of thiazole rings is 1. The molecule has 1 saturated heterocycles. The van der Waals surface area contributed by atoms with Gasteiger partial charge in [-0.1, -0.05) is 30.3 Å². The Labute approximate surface area is 142 Å². The van der Waals surface area contributed by atoms with E-state index in [-0.39, 0.29) is 6.61 Å². The van der Waals surface area contributed by atoms with E-state index in [4.69, 9.17) is 10.1 Å². The summed E-state index contributed by atoms with van der Waals surface area (Å²) >= 11 is 1.78. The summed E-state index contributed by atoms with van der Waals surface area (Å²) in [5, 5.41) is 12.4. The summed E-state index contributed by atoms with van der Waals surface area (Å²) < 4.78 is 0. The topological polar surface area (TPSA) is 39.6 Å². The molecule has 1 aliphatic heterocycles. The van der Waals surface area contributed by atoms with Gasteiger partial charge in [-0.2, -0.15) is 0 Å². The van der Waals surface area contributed by atoms with Crippen LogP contribution in [0.2, 0.25) is 0 Å². The molecule has 2 heterocycles. The average molecular weight is 331 g/mol. The molecule has 1 aromatic heterocycles. The summed E-state index contributed by atoms with van der Waals surface area (Å²) in [6, 6.07) is 10.6. The van der Waals surface area contributed by atoms with Gasteiger partial charge in [0, 0.05) is 51.1 Å². The molecule has 1 aliphatic rings. The van der Waals surface area contributed by atoms with Crippen LogP contribution in [0.15, 0.2) is 35.7 Å². The number of aliphatic hydroxyl groups excluding tert-OH is 1. The van der Waals surface area contributed by atoms with E-state index in [1.165, 1.54) is 16.3 Å². The van der Waals surface area contributed by atoms with Crippen molar-refractivity contribution in [3.05, 3.63) is 52.0 Å². The maximum absolute atomic E-state index is 8.99. The average Bonchev–Trinajstić information content (AvgIpc) is 3.03. The van der Waals surface area contributed by atoms with Gasteiger partial charge in [-0.25, -0.2) is 4.98 Å². The zero-order valence-corrected chi connectivity index (χ0v) is 14.3. The second kappa shape index (κ2) is 8.55. The molecule has 1 fully saturated rings. The highest BCUT2D eigenvalue weighted by atomic mass is 32.1. The summed E-state index contributed by atoms with van der Waals surface area (Å²) in [5.41, 5.74) is 2.58. The van der Waals surface area contributed by atoms with Crippen LogP contribution in [-0.2, 0) is 19.4 Å². The molecule has 0 bridgehead atoms. The number of aromatic nitrogens is 1. The third-order valence-electron chi connectivity index (χ3n) is 4.34. The number of benzene rings is 1. The Hall–Kier alpha value is -1.27. The van der Waals surface area contributed by atoms with Gasteiger partial charge in [0.25, 0.3) is 0 Å². The van der Waals surface area contributed by atoms with Gasteiger partial charge >= 0.3 is 0 Å². The van der Waals surface area contributed by atoms with Crippen LogP contribution in [0, 0.1) is 0 Å². The molecular formula is C18H25N3OS. The Morgan fingerprint density at radius 2 is 1.74 bits per heavy atom. The van der Waals surface area contributed by atoms with Crippen LogP contribution >= 0.6 is 11.3 Å². The molecule has 4 nitrogen and oxygen atoms in total. The minimum atomic E-state index is 0.261. The number of hydrogen-bond donors (Lipinski definition) is 1. The fourth-order valence-corrected chi connectivity index (χ4v) is 3.76. The van der Waals surface area contributed by atoms with Crippen molar-refractivity contribution in [1.82, 2.24) is 14.8 Å². The first-order chi connectivity index (χ1) is 11.3. The minimum Gasteiger partial charge on any atom is -0.395 e. The highest BCUT2D eigenvalue weighted by Gasteiger charge is 2.17. The summed E-state index contributed by atoms with van der Waals surface area (Å²) in [5.74, 6) is 0. The largest absolute Gasteiger partial charge is 0.395 e. The quantitative estimate of drug-likeness (QED) is 0.843. The van der Waals surface area contributed by atoms with Crippen molar-refractivity contribution >= 4 is 11.3 Å². The molecule has 0 radical (unpaired) electrons. The van der Waals surface area contributed by atoms with Crippen LogP contribution < -0.4 is 0 Å². The van der Waals surface area contributed by atoms with E-state index in [0.29, 0.717) is 0 Å². The molecule has 0 unspecified atom stereocenters. The van der Waals surface area contributed by atoms with Crippen molar-refractivity contribution < 1.29 is 5.11 Å². The van der Waals surface area contributed by atoms with E-state index >= 15 is 0 Å². The summed E-state index contributed by atoms with van der Waals surface area (Å²) in [6.45, 7) is 6.24. The molecule has 0 atom stereocenters. The predicted molar refractivity (Wildman–Crippen MR) is 94.8 cm³/mol. The lowest BCUT2D eigenvalue weighted by Crippen LogP contribution is -2.46. The fourth-order valence-electron chi connectivity index (χ4n) is 2.97. The SMILES string of the molecule is OCCN1CCN(Cc2csc(CCc3ccccc3)n2)CC1. The number of hydrogen-bond acceptors (Lipinski definition) is 5. The van der Waals surface area contributed by atoms with Crippen molar-refractivity contribution in [1.29, 1.82) is 0 Å². The van der Waals surface area contributed by atoms with Gasteiger partial charge in [0.15, 0.2) is 0 Å². The van der Waals surface area contributed by atoms with Crippen molar-refractivity contribution in [3.63, 3.8) is 0 Å². The second-order valence-corrected chi connectivity index (χ2v) is 7.00. The van der Waals surface area contributed by atoms with Gasteiger partial charge in [-0.15, -0.1) is 11.3 Å². The zero-order valence-electron chi connectivity index (χ0n) is 13.5. The van der Waals surface area contributed by atoms with Gasteiger partial charge in [-0.05, 0) is 12.0 Å². The Morgan fingerprint density at radius 3 is 2.48 bits per heavy atom. The standard InChI is InChI=1S/C18H25N3OS/c22-13-12-20-8-10-21(11-9-20)14-17-15-23-18(19-17)7-6-16-4-2-1-3-5-16/h1-5,15,22H,6-14H2. The first kappa shape index (κ1) is 16.6. The zero-order chi connectivity index (χ0) is 15.9. The maximum atomic E-state index is 8.99. The Bertz CT molecular complexity index is 579. The molecule has 3 rings (SSSR count). The first-order valence-electron chi connectivity index (χ1n) is 8.36. The molecule has 124 valence electrons. The molecule has 0 spiro atoms. The van der Waals surface area contributed by atoms with E-state index in [2.05, 4.69) is 45.5 Å². The molecule has 0 saturated carbocycles. The monoisotopic (exact) mass is 331 g/mol. The van der Waals surface area contributed by atoms with E-state index in [0.717, 1.165) is 52.1 Å². The summed E-state index contributed by atoms with van der Waals surface area (Å²) in [4.78, 5) is 9.58. The molecule has 23 heavy (non-hydrogen) atoms. The van der Waals surface area contributed by atoms with Crippen LogP contribution in [0.4, 0.5) is 0 Å². The van der Waals surface area contributed by atoms with Gasteiger partial charge < -0.3 is 5.11 Å².